The summed E-state index contributed by atoms with van der Waals surface area (Å²) in [7, 11) is 0. The molecule has 0 atom stereocenters. The van der Waals surface area contributed by atoms with Gasteiger partial charge in [0, 0.05) is 18.2 Å². The predicted molar refractivity (Wildman–Crippen MR) is 62.9 cm³/mol. The smallest absolute Gasteiger partial charge is 0.235 e. The molecule has 0 aromatic carbocycles. The summed E-state index contributed by atoms with van der Waals surface area (Å²) >= 11 is 0. The van der Waals surface area contributed by atoms with Gasteiger partial charge < -0.3 is 0 Å². The zero-order chi connectivity index (χ0) is 13.3. The van der Waals surface area contributed by atoms with Crippen LogP contribution >= 0.6 is 0 Å². The second kappa shape index (κ2) is 4.22. The van der Waals surface area contributed by atoms with Crippen LogP contribution in [0.15, 0.2) is 18.3 Å². The molecule has 2 rings (SSSR count). The lowest BCUT2D eigenvalue weighted by Gasteiger charge is -2.17. The molecular formula is C13H13N3O2. The van der Waals surface area contributed by atoms with E-state index in [2.05, 4.69) is 4.98 Å². The van der Waals surface area contributed by atoms with Crippen molar-refractivity contribution in [2.45, 2.75) is 26.8 Å². The van der Waals surface area contributed by atoms with Gasteiger partial charge in [-0.15, -0.1) is 0 Å². The van der Waals surface area contributed by atoms with E-state index in [9.17, 15) is 9.59 Å². The van der Waals surface area contributed by atoms with Crippen molar-refractivity contribution < 1.29 is 9.59 Å². The maximum Gasteiger partial charge on any atom is 0.235 e. The van der Waals surface area contributed by atoms with Gasteiger partial charge in [0.05, 0.1) is 12.0 Å². The summed E-state index contributed by atoms with van der Waals surface area (Å²) in [5, 5.41) is 8.93. The van der Waals surface area contributed by atoms with E-state index in [-0.39, 0.29) is 30.5 Å². The Bertz CT molecular complexity index is 558. The minimum absolute atomic E-state index is 0.123. The van der Waals surface area contributed by atoms with E-state index in [1.165, 1.54) is 11.1 Å². The summed E-state index contributed by atoms with van der Waals surface area (Å²) in [4.78, 5) is 29.0. The first-order chi connectivity index (χ1) is 8.45. The molecule has 0 unspecified atom stereocenters. The highest BCUT2D eigenvalue weighted by molar-refractivity contribution is 6.05. The molecular weight excluding hydrogens is 230 g/mol. The standard InChI is InChI=1S/C13H13N3O2/c1-13(2)6-11(17)16(12(13)18)8-9-4-3-5-15-10(9)7-14/h3-5H,6,8H2,1-2H3. The van der Waals surface area contributed by atoms with E-state index in [0.29, 0.717) is 5.56 Å². The van der Waals surface area contributed by atoms with Gasteiger partial charge in [0.25, 0.3) is 0 Å². The number of amides is 2. The first-order valence-electron chi connectivity index (χ1n) is 5.64. The van der Waals surface area contributed by atoms with Crippen LogP contribution in [0, 0.1) is 16.7 Å². The highest BCUT2D eigenvalue weighted by Crippen LogP contribution is 2.32. The normalized spacial score (nSPS) is 17.9. The Hall–Kier alpha value is -2.22. The Morgan fingerprint density at radius 2 is 2.22 bits per heavy atom. The zero-order valence-electron chi connectivity index (χ0n) is 10.3. The summed E-state index contributed by atoms with van der Waals surface area (Å²) in [5.74, 6) is -0.391. The van der Waals surface area contributed by atoms with Crippen LogP contribution in [0.3, 0.4) is 0 Å². The second-order valence-electron chi connectivity index (χ2n) is 4.97. The van der Waals surface area contributed by atoms with Crippen molar-refractivity contribution in [1.82, 2.24) is 9.88 Å². The lowest BCUT2D eigenvalue weighted by Crippen LogP contribution is -2.32. The molecule has 0 radical (unpaired) electrons. The highest BCUT2D eigenvalue weighted by Gasteiger charge is 2.44. The first kappa shape index (κ1) is 12.2. The Kier molecular flexibility index (Phi) is 2.87. The summed E-state index contributed by atoms with van der Waals surface area (Å²) in [6.07, 6.45) is 1.73. The van der Waals surface area contributed by atoms with Gasteiger partial charge in [0.1, 0.15) is 11.8 Å². The summed E-state index contributed by atoms with van der Waals surface area (Å²) in [6, 6.07) is 5.35. The van der Waals surface area contributed by atoms with Crippen LogP contribution < -0.4 is 0 Å². The molecule has 2 heterocycles. The molecule has 5 heteroatoms. The number of imide groups is 1. The Balaban J connectivity index is 2.28. The molecule has 5 nitrogen and oxygen atoms in total. The summed E-state index contributed by atoms with van der Waals surface area (Å²) < 4.78 is 0. The molecule has 2 amide bonds. The van der Waals surface area contributed by atoms with Gasteiger partial charge in [0.2, 0.25) is 11.8 Å². The van der Waals surface area contributed by atoms with Crippen molar-refractivity contribution >= 4 is 11.8 Å². The molecule has 1 fully saturated rings. The fourth-order valence-corrected chi connectivity index (χ4v) is 2.02. The summed E-state index contributed by atoms with van der Waals surface area (Å²) in [5.41, 5.74) is 0.203. The Morgan fingerprint density at radius 1 is 1.50 bits per heavy atom. The number of aromatic nitrogens is 1. The maximum atomic E-state index is 12.0. The number of rotatable bonds is 2. The third kappa shape index (κ3) is 1.97. The van der Waals surface area contributed by atoms with Gasteiger partial charge in [-0.1, -0.05) is 19.9 Å². The number of nitriles is 1. The van der Waals surface area contributed by atoms with E-state index in [1.807, 2.05) is 6.07 Å². The molecule has 1 aromatic rings. The van der Waals surface area contributed by atoms with Gasteiger partial charge in [0.15, 0.2) is 0 Å². The van der Waals surface area contributed by atoms with Crippen LogP contribution in [0.4, 0.5) is 0 Å². The number of carbonyl (C=O) groups is 2. The van der Waals surface area contributed by atoms with E-state index in [4.69, 9.17) is 5.26 Å². The van der Waals surface area contributed by atoms with E-state index in [1.54, 1.807) is 26.0 Å². The van der Waals surface area contributed by atoms with Gasteiger partial charge in [-0.05, 0) is 6.07 Å². The zero-order valence-corrected chi connectivity index (χ0v) is 10.3. The monoisotopic (exact) mass is 243 g/mol. The molecule has 1 saturated heterocycles. The van der Waals surface area contributed by atoms with Crippen molar-refractivity contribution in [3.63, 3.8) is 0 Å². The van der Waals surface area contributed by atoms with Crippen molar-refractivity contribution in [3.8, 4) is 6.07 Å². The van der Waals surface area contributed by atoms with E-state index < -0.39 is 5.41 Å². The quantitative estimate of drug-likeness (QED) is 0.732. The average molecular weight is 243 g/mol. The molecule has 0 N–H and O–H groups in total. The highest BCUT2D eigenvalue weighted by atomic mass is 16.2. The van der Waals surface area contributed by atoms with Gasteiger partial charge in [-0.25, -0.2) is 4.98 Å². The molecule has 18 heavy (non-hydrogen) atoms. The van der Waals surface area contributed by atoms with Crippen LogP contribution in [0.1, 0.15) is 31.5 Å². The van der Waals surface area contributed by atoms with E-state index >= 15 is 0 Å². The topological polar surface area (TPSA) is 74.1 Å². The minimum atomic E-state index is -0.647. The first-order valence-corrected chi connectivity index (χ1v) is 5.64. The minimum Gasteiger partial charge on any atom is -0.278 e. The molecule has 0 spiro atoms. The van der Waals surface area contributed by atoms with Gasteiger partial charge in [-0.2, -0.15) is 5.26 Å². The van der Waals surface area contributed by atoms with Crippen molar-refractivity contribution in [2.75, 3.05) is 0 Å². The predicted octanol–water partition coefficient (Wildman–Crippen LogP) is 1.24. The van der Waals surface area contributed by atoms with Crippen molar-refractivity contribution in [2.24, 2.45) is 5.41 Å². The lowest BCUT2D eigenvalue weighted by molar-refractivity contribution is -0.141. The molecule has 0 saturated carbocycles. The third-order valence-corrected chi connectivity index (χ3v) is 3.04. The fourth-order valence-electron chi connectivity index (χ4n) is 2.02. The SMILES string of the molecule is CC1(C)CC(=O)N(Cc2cccnc2C#N)C1=O. The van der Waals surface area contributed by atoms with Crippen LogP contribution in [0.5, 0.6) is 0 Å². The number of likely N-dealkylation sites (tertiary alicyclic amines) is 1. The van der Waals surface area contributed by atoms with Gasteiger partial charge >= 0.3 is 0 Å². The molecule has 92 valence electrons. The lowest BCUT2D eigenvalue weighted by atomic mass is 9.92. The van der Waals surface area contributed by atoms with Crippen LogP contribution in [0.2, 0.25) is 0 Å². The Labute approximate surface area is 105 Å². The van der Waals surface area contributed by atoms with Gasteiger partial charge in [-0.3, -0.25) is 14.5 Å². The number of pyridine rings is 1. The molecule has 1 aliphatic heterocycles. The Morgan fingerprint density at radius 3 is 2.78 bits per heavy atom. The average Bonchev–Trinajstić information content (AvgIpc) is 2.52. The van der Waals surface area contributed by atoms with Crippen molar-refractivity contribution in [3.05, 3.63) is 29.6 Å². The fraction of sp³-hybridized carbons (Fsp3) is 0.385. The van der Waals surface area contributed by atoms with Crippen LogP contribution in [-0.2, 0) is 16.1 Å². The summed E-state index contributed by atoms with van der Waals surface area (Å²) in [6.45, 7) is 3.63. The molecule has 0 aliphatic carbocycles. The number of carbonyl (C=O) groups excluding carboxylic acids is 2. The second-order valence-corrected chi connectivity index (χ2v) is 4.97. The number of hydrogen-bond donors (Lipinski definition) is 0. The largest absolute Gasteiger partial charge is 0.278 e. The number of hydrogen-bond acceptors (Lipinski definition) is 4. The molecule has 1 aliphatic rings. The number of nitrogens with zero attached hydrogens (tertiary/aromatic N) is 3. The van der Waals surface area contributed by atoms with Crippen LogP contribution in [-0.4, -0.2) is 21.7 Å². The molecule has 0 bridgehead atoms. The van der Waals surface area contributed by atoms with Crippen molar-refractivity contribution in [1.29, 1.82) is 5.26 Å². The van der Waals surface area contributed by atoms with Crippen LogP contribution in [0.25, 0.3) is 0 Å². The molecule has 1 aromatic heterocycles. The maximum absolute atomic E-state index is 12.0. The van der Waals surface area contributed by atoms with E-state index in [0.717, 1.165) is 0 Å². The third-order valence-electron chi connectivity index (χ3n) is 3.04.